The number of benzene rings is 2. The van der Waals surface area contributed by atoms with Gasteiger partial charge in [-0.2, -0.15) is 18.2 Å². The lowest BCUT2D eigenvalue weighted by Gasteiger charge is -2.27. The van der Waals surface area contributed by atoms with Crippen LogP contribution in [-0.4, -0.2) is 33.5 Å². The molecule has 1 aliphatic rings. The Bertz CT molecular complexity index is 895. The number of amides is 2. The third-order valence-corrected chi connectivity index (χ3v) is 4.04. The summed E-state index contributed by atoms with van der Waals surface area (Å²) in [6, 6.07) is 6.27. The zero-order valence-corrected chi connectivity index (χ0v) is 13.4. The second-order valence-electron chi connectivity index (χ2n) is 5.76. The predicted molar refractivity (Wildman–Crippen MR) is 80.2 cm³/mol. The molecule has 0 aromatic heterocycles. The number of nitrogens with zero attached hydrogens (tertiary/aromatic N) is 2. The summed E-state index contributed by atoms with van der Waals surface area (Å²) >= 11 is 0. The molecule has 1 N–H and O–H groups in total. The summed E-state index contributed by atoms with van der Waals surface area (Å²) in [4.78, 5) is 25.0. The molecule has 0 spiro atoms. The van der Waals surface area contributed by atoms with E-state index < -0.39 is 53.5 Å². The summed E-state index contributed by atoms with van der Waals surface area (Å²) in [7, 11) is 0. The van der Waals surface area contributed by atoms with E-state index in [4.69, 9.17) is 0 Å². The molecule has 1 saturated heterocycles. The van der Waals surface area contributed by atoms with Gasteiger partial charge in [0.2, 0.25) is 0 Å². The van der Waals surface area contributed by atoms with Crippen molar-refractivity contribution < 1.29 is 36.7 Å². The molecule has 0 bridgehead atoms. The van der Waals surface area contributed by atoms with Crippen molar-refractivity contribution in [2.45, 2.75) is 12.3 Å². The van der Waals surface area contributed by atoms with Crippen LogP contribution in [0, 0.1) is 11.6 Å². The van der Waals surface area contributed by atoms with E-state index >= 15 is 0 Å². The van der Waals surface area contributed by atoms with Gasteiger partial charge in [0, 0.05) is 0 Å². The molecule has 142 valence electrons. The van der Waals surface area contributed by atoms with Crippen LogP contribution >= 0.6 is 0 Å². The average molecular weight is 386 g/mol. The molecule has 1 unspecified atom stereocenters. The summed E-state index contributed by atoms with van der Waals surface area (Å²) < 4.78 is 66.6. The molecule has 1 fully saturated rings. The molecule has 2 aromatic carbocycles. The third-order valence-electron chi connectivity index (χ3n) is 4.04. The smallest absolute Gasteiger partial charge is 0.302 e. The Labute approximate surface area is 149 Å². The summed E-state index contributed by atoms with van der Waals surface area (Å²) in [5, 5.41) is 9.99. The van der Waals surface area contributed by atoms with Crippen molar-refractivity contribution in [2.24, 2.45) is 0 Å². The van der Waals surface area contributed by atoms with Gasteiger partial charge in [-0.3, -0.25) is 14.8 Å². The fourth-order valence-corrected chi connectivity index (χ4v) is 2.80. The third kappa shape index (κ3) is 3.35. The van der Waals surface area contributed by atoms with E-state index in [0.717, 1.165) is 36.4 Å². The molecule has 0 radical (unpaired) electrons. The van der Waals surface area contributed by atoms with Gasteiger partial charge in [-0.05, 0) is 29.8 Å². The van der Waals surface area contributed by atoms with Crippen LogP contribution in [-0.2, 0) is 11.0 Å². The first-order chi connectivity index (χ1) is 12.6. The van der Waals surface area contributed by atoms with E-state index in [1.54, 1.807) is 0 Å². The highest BCUT2D eigenvalue weighted by Gasteiger charge is 2.43. The Hall–Kier alpha value is -3.01. The molecular formula is C17H11F5N2O3. The van der Waals surface area contributed by atoms with Crippen molar-refractivity contribution in [1.82, 2.24) is 9.96 Å². The lowest BCUT2D eigenvalue weighted by atomic mass is 10.1. The molecule has 3 rings (SSSR count). The molecule has 27 heavy (non-hydrogen) atoms. The van der Waals surface area contributed by atoms with E-state index in [9.17, 15) is 36.7 Å². The molecule has 0 saturated carbocycles. The Balaban J connectivity index is 2.06. The first kappa shape index (κ1) is 18.8. The summed E-state index contributed by atoms with van der Waals surface area (Å²) in [5.74, 6) is -4.70. The van der Waals surface area contributed by atoms with Crippen LogP contribution in [0.1, 0.15) is 27.7 Å². The highest BCUT2D eigenvalue weighted by atomic mass is 19.4. The molecule has 2 aromatic rings. The summed E-state index contributed by atoms with van der Waals surface area (Å²) in [5.41, 5.74) is -2.29. The monoisotopic (exact) mass is 386 g/mol. The second-order valence-corrected chi connectivity index (χ2v) is 5.76. The quantitative estimate of drug-likeness (QED) is 0.636. The van der Waals surface area contributed by atoms with Crippen molar-refractivity contribution in [2.75, 3.05) is 6.54 Å². The van der Waals surface area contributed by atoms with Gasteiger partial charge in [0.25, 0.3) is 11.8 Å². The minimum absolute atomic E-state index is 0.0616. The molecule has 5 nitrogen and oxygen atoms in total. The van der Waals surface area contributed by atoms with Crippen LogP contribution < -0.4 is 0 Å². The van der Waals surface area contributed by atoms with Gasteiger partial charge >= 0.3 is 6.18 Å². The van der Waals surface area contributed by atoms with E-state index in [2.05, 4.69) is 0 Å². The number of carbonyl (C=O) groups excluding carboxylic acids is 2. The van der Waals surface area contributed by atoms with Crippen LogP contribution in [0.3, 0.4) is 0 Å². The Morgan fingerprint density at radius 1 is 1.07 bits per heavy atom. The van der Waals surface area contributed by atoms with Crippen LogP contribution in [0.15, 0.2) is 42.5 Å². The molecule has 1 atom stereocenters. The number of alkyl halides is 3. The summed E-state index contributed by atoms with van der Waals surface area (Å²) in [6.07, 6.45) is -6.36. The lowest BCUT2D eigenvalue weighted by molar-refractivity contribution is -0.168. The average Bonchev–Trinajstić information content (AvgIpc) is 2.89. The zero-order valence-electron chi connectivity index (χ0n) is 13.4. The van der Waals surface area contributed by atoms with Gasteiger partial charge in [0.15, 0.2) is 6.17 Å². The van der Waals surface area contributed by atoms with Gasteiger partial charge < -0.3 is 4.90 Å². The van der Waals surface area contributed by atoms with Crippen LogP contribution in [0.2, 0.25) is 0 Å². The molecule has 1 aliphatic heterocycles. The predicted octanol–water partition coefficient (Wildman–Crippen LogP) is 3.36. The van der Waals surface area contributed by atoms with Crippen molar-refractivity contribution >= 4 is 11.8 Å². The fraction of sp³-hybridized carbons (Fsp3) is 0.176. The van der Waals surface area contributed by atoms with E-state index in [1.807, 2.05) is 0 Å². The van der Waals surface area contributed by atoms with E-state index in [0.29, 0.717) is 11.0 Å². The largest absolute Gasteiger partial charge is 0.416 e. The number of carbonyl (C=O) groups is 2. The number of hydroxylamine groups is 2. The molecular weight excluding hydrogens is 375 g/mol. The maximum Gasteiger partial charge on any atom is 0.416 e. The second kappa shape index (κ2) is 6.62. The molecule has 1 heterocycles. The maximum absolute atomic E-state index is 13.9. The fourth-order valence-electron chi connectivity index (χ4n) is 2.80. The van der Waals surface area contributed by atoms with Gasteiger partial charge in [-0.25, -0.2) is 8.78 Å². The van der Waals surface area contributed by atoms with Crippen molar-refractivity contribution in [3.05, 3.63) is 70.8 Å². The van der Waals surface area contributed by atoms with Crippen molar-refractivity contribution in [1.29, 1.82) is 0 Å². The van der Waals surface area contributed by atoms with Crippen LogP contribution in [0.5, 0.6) is 0 Å². The molecule has 0 aliphatic carbocycles. The van der Waals surface area contributed by atoms with Crippen molar-refractivity contribution in [3.8, 4) is 0 Å². The van der Waals surface area contributed by atoms with Gasteiger partial charge in [0.05, 0.1) is 5.56 Å². The minimum Gasteiger partial charge on any atom is -0.302 e. The normalized spacial score (nSPS) is 17.6. The number of rotatable bonds is 2. The first-order valence-corrected chi connectivity index (χ1v) is 7.54. The SMILES string of the molecule is O=C1CN(C(=O)c2c(F)cccc2F)C(c2cccc(C(F)(F)F)c2)N1O. The number of hydrogen-bond donors (Lipinski definition) is 1. The first-order valence-electron chi connectivity index (χ1n) is 7.54. The molecule has 10 heteroatoms. The molecule has 2 amide bonds. The Morgan fingerprint density at radius 3 is 2.26 bits per heavy atom. The van der Waals surface area contributed by atoms with Gasteiger partial charge in [-0.1, -0.05) is 18.2 Å². The van der Waals surface area contributed by atoms with Crippen LogP contribution in [0.4, 0.5) is 22.0 Å². The lowest BCUT2D eigenvalue weighted by Crippen LogP contribution is -2.35. The minimum atomic E-state index is -4.70. The van der Waals surface area contributed by atoms with E-state index in [-0.39, 0.29) is 10.6 Å². The number of halogens is 5. The standard InChI is InChI=1S/C17H11F5N2O3/c18-11-5-2-6-12(19)14(11)16(26)23-8-13(25)24(27)15(23)9-3-1-4-10(7-9)17(20,21)22/h1-7,15,27H,8H2. The Morgan fingerprint density at radius 2 is 1.67 bits per heavy atom. The highest BCUT2D eigenvalue weighted by molar-refractivity contribution is 5.98. The summed E-state index contributed by atoms with van der Waals surface area (Å²) in [6.45, 7) is -0.760. The van der Waals surface area contributed by atoms with Crippen molar-refractivity contribution in [3.63, 3.8) is 0 Å². The topological polar surface area (TPSA) is 60.9 Å². The van der Waals surface area contributed by atoms with Gasteiger partial charge in [0.1, 0.15) is 23.7 Å². The maximum atomic E-state index is 13.9. The highest BCUT2D eigenvalue weighted by Crippen LogP contribution is 2.35. The Kier molecular flexibility index (Phi) is 4.60. The van der Waals surface area contributed by atoms with Gasteiger partial charge in [-0.15, -0.1) is 0 Å². The van der Waals surface area contributed by atoms with Crippen LogP contribution in [0.25, 0.3) is 0 Å². The zero-order chi connectivity index (χ0) is 19.9. The number of hydrogen-bond acceptors (Lipinski definition) is 3. The van der Waals surface area contributed by atoms with E-state index in [1.165, 1.54) is 0 Å².